The van der Waals surface area contributed by atoms with Gasteiger partial charge in [0.05, 0.1) is 40.0 Å². The number of cyclic esters (lactones) is 1. The molecule has 0 fully saturated rings. The van der Waals surface area contributed by atoms with Gasteiger partial charge in [0.2, 0.25) is 0 Å². The van der Waals surface area contributed by atoms with Crippen molar-refractivity contribution in [1.29, 1.82) is 0 Å². The van der Waals surface area contributed by atoms with Crippen LogP contribution in [0.1, 0.15) is 42.5 Å². The molecule has 2 aliphatic rings. The highest BCUT2D eigenvalue weighted by molar-refractivity contribution is 6.05. The first-order chi connectivity index (χ1) is 15.5. The molecule has 8 heteroatoms. The third-order valence-electron chi connectivity index (χ3n) is 6.76. The van der Waals surface area contributed by atoms with Gasteiger partial charge in [-0.25, -0.2) is 9.78 Å². The standard InChI is InChI=1S/C24H20N4O4/c1-3-12-13-10-28-18(9-15-14(22(28)29)11-32-23(30)24(15,31)4-2)20(13)27-16-5-6-17-21(19(12)16)26-8-7-25-17/h5-9,31H,3-4,10-11H2,1-2H3/t24-/m0/s1. The van der Waals surface area contributed by atoms with Crippen LogP contribution in [0.4, 0.5) is 0 Å². The van der Waals surface area contributed by atoms with Gasteiger partial charge in [-0.05, 0) is 36.6 Å². The minimum Gasteiger partial charge on any atom is -0.458 e. The van der Waals surface area contributed by atoms with E-state index in [1.54, 1.807) is 30.0 Å². The van der Waals surface area contributed by atoms with E-state index in [-0.39, 0.29) is 18.6 Å². The van der Waals surface area contributed by atoms with Crippen molar-refractivity contribution in [2.45, 2.75) is 45.4 Å². The van der Waals surface area contributed by atoms with Crippen LogP contribution in [0.3, 0.4) is 0 Å². The molecule has 0 spiro atoms. The van der Waals surface area contributed by atoms with Crippen molar-refractivity contribution >= 4 is 27.9 Å². The summed E-state index contributed by atoms with van der Waals surface area (Å²) in [6.45, 7) is 4.01. The molecule has 0 radical (unpaired) electrons. The van der Waals surface area contributed by atoms with Gasteiger partial charge in [0.15, 0.2) is 5.60 Å². The number of fused-ring (bicyclic) bond motifs is 7. The van der Waals surface area contributed by atoms with Crippen LogP contribution in [0, 0.1) is 0 Å². The normalized spacial score (nSPS) is 19.0. The lowest BCUT2D eigenvalue weighted by molar-refractivity contribution is -0.172. The Morgan fingerprint density at radius 2 is 1.91 bits per heavy atom. The maximum absolute atomic E-state index is 13.4. The van der Waals surface area contributed by atoms with Gasteiger partial charge in [-0.1, -0.05) is 13.8 Å². The number of aryl methyl sites for hydroxylation is 1. The molecule has 4 aromatic rings. The fraction of sp³-hybridized carbons (Fsp3) is 0.292. The molecule has 5 heterocycles. The molecule has 1 aromatic carbocycles. The number of carbonyl (C=O) groups is 1. The molecule has 0 aliphatic carbocycles. The molecule has 8 nitrogen and oxygen atoms in total. The number of esters is 1. The van der Waals surface area contributed by atoms with Crippen molar-refractivity contribution in [3.8, 4) is 11.4 Å². The number of carbonyl (C=O) groups excluding carboxylic acids is 1. The van der Waals surface area contributed by atoms with E-state index in [0.29, 0.717) is 29.1 Å². The smallest absolute Gasteiger partial charge is 0.343 e. The minimum atomic E-state index is -1.83. The van der Waals surface area contributed by atoms with E-state index in [0.717, 1.165) is 39.5 Å². The third-order valence-corrected chi connectivity index (χ3v) is 6.76. The van der Waals surface area contributed by atoms with Gasteiger partial charge in [-0.15, -0.1) is 0 Å². The fourth-order valence-electron chi connectivity index (χ4n) is 5.08. The maximum atomic E-state index is 13.4. The lowest BCUT2D eigenvalue weighted by Crippen LogP contribution is -2.44. The number of aliphatic hydroxyl groups is 1. The van der Waals surface area contributed by atoms with E-state index in [4.69, 9.17) is 9.72 Å². The molecule has 6 rings (SSSR count). The first-order valence-electron chi connectivity index (χ1n) is 10.7. The van der Waals surface area contributed by atoms with Crippen molar-refractivity contribution in [3.05, 3.63) is 63.2 Å². The molecule has 1 N–H and O–H groups in total. The average molecular weight is 428 g/mol. The second-order valence-electron chi connectivity index (χ2n) is 8.26. The lowest BCUT2D eigenvalue weighted by atomic mass is 9.86. The Hall–Kier alpha value is -3.65. The Balaban J connectivity index is 1.69. The number of nitrogens with zero attached hydrogens (tertiary/aromatic N) is 4. The molecule has 1 atom stereocenters. The first kappa shape index (κ1) is 19.1. The van der Waals surface area contributed by atoms with Crippen LogP contribution >= 0.6 is 0 Å². The number of ether oxygens (including phenoxy) is 1. The minimum absolute atomic E-state index is 0.116. The summed E-state index contributed by atoms with van der Waals surface area (Å²) in [5.41, 5.74) is 4.28. The molecular weight excluding hydrogens is 408 g/mol. The summed E-state index contributed by atoms with van der Waals surface area (Å²) in [6, 6.07) is 5.56. The Labute approximate surface area is 182 Å². The fourth-order valence-corrected chi connectivity index (χ4v) is 5.08. The van der Waals surface area contributed by atoms with E-state index in [1.807, 2.05) is 12.1 Å². The van der Waals surface area contributed by atoms with Crippen LogP contribution < -0.4 is 5.56 Å². The summed E-state index contributed by atoms with van der Waals surface area (Å²) < 4.78 is 6.82. The Bertz CT molecular complexity index is 1540. The zero-order valence-corrected chi connectivity index (χ0v) is 17.7. The van der Waals surface area contributed by atoms with E-state index in [9.17, 15) is 14.7 Å². The van der Waals surface area contributed by atoms with Crippen LogP contribution in [0.2, 0.25) is 0 Å². The number of aromatic nitrogens is 4. The predicted octanol–water partition coefficient (Wildman–Crippen LogP) is 2.59. The number of hydrogen-bond acceptors (Lipinski definition) is 7. The van der Waals surface area contributed by atoms with Gasteiger partial charge >= 0.3 is 5.97 Å². The number of rotatable bonds is 2. The molecular formula is C24H20N4O4. The average Bonchev–Trinajstić information content (AvgIpc) is 3.19. The maximum Gasteiger partial charge on any atom is 0.343 e. The third kappa shape index (κ3) is 2.27. The Morgan fingerprint density at radius 3 is 2.69 bits per heavy atom. The predicted molar refractivity (Wildman–Crippen MR) is 117 cm³/mol. The lowest BCUT2D eigenvalue weighted by Gasteiger charge is -2.31. The quantitative estimate of drug-likeness (QED) is 0.340. The summed E-state index contributed by atoms with van der Waals surface area (Å²) in [5, 5.41) is 12.0. The van der Waals surface area contributed by atoms with Crippen LogP contribution in [0.25, 0.3) is 33.3 Å². The van der Waals surface area contributed by atoms with Crippen molar-refractivity contribution in [2.75, 3.05) is 0 Å². The number of hydrogen-bond donors (Lipinski definition) is 1. The summed E-state index contributed by atoms with van der Waals surface area (Å²) in [4.78, 5) is 39.6. The highest BCUT2D eigenvalue weighted by atomic mass is 16.6. The number of benzene rings is 1. The molecule has 0 bridgehead atoms. The van der Waals surface area contributed by atoms with Crippen molar-refractivity contribution in [1.82, 2.24) is 19.5 Å². The number of pyridine rings is 2. The first-order valence-corrected chi connectivity index (χ1v) is 10.7. The molecule has 0 saturated heterocycles. The summed E-state index contributed by atoms with van der Waals surface area (Å²) in [7, 11) is 0. The summed E-state index contributed by atoms with van der Waals surface area (Å²) >= 11 is 0. The second kappa shape index (κ2) is 6.43. The van der Waals surface area contributed by atoms with Crippen LogP contribution in [0.5, 0.6) is 0 Å². The molecule has 0 unspecified atom stereocenters. The van der Waals surface area contributed by atoms with Gasteiger partial charge < -0.3 is 14.4 Å². The van der Waals surface area contributed by atoms with Crippen molar-refractivity contribution in [2.24, 2.45) is 0 Å². The van der Waals surface area contributed by atoms with Gasteiger partial charge in [0.1, 0.15) is 6.61 Å². The largest absolute Gasteiger partial charge is 0.458 e. The molecule has 0 amide bonds. The zero-order chi connectivity index (χ0) is 22.2. The topological polar surface area (TPSA) is 107 Å². The summed E-state index contributed by atoms with van der Waals surface area (Å²) in [6.07, 6.45) is 4.19. The van der Waals surface area contributed by atoms with E-state index in [1.165, 1.54) is 0 Å². The zero-order valence-electron chi connectivity index (χ0n) is 17.7. The van der Waals surface area contributed by atoms with Gasteiger partial charge in [-0.2, -0.15) is 0 Å². The van der Waals surface area contributed by atoms with E-state index >= 15 is 0 Å². The van der Waals surface area contributed by atoms with Crippen LogP contribution in [-0.2, 0) is 34.7 Å². The van der Waals surface area contributed by atoms with Crippen molar-refractivity contribution in [3.63, 3.8) is 0 Å². The molecule has 32 heavy (non-hydrogen) atoms. The van der Waals surface area contributed by atoms with Gasteiger partial charge in [-0.3, -0.25) is 14.8 Å². The molecule has 2 aliphatic heterocycles. The monoisotopic (exact) mass is 428 g/mol. The van der Waals surface area contributed by atoms with E-state index < -0.39 is 11.6 Å². The van der Waals surface area contributed by atoms with Crippen LogP contribution in [0.15, 0.2) is 35.4 Å². The molecule has 3 aromatic heterocycles. The summed E-state index contributed by atoms with van der Waals surface area (Å²) in [5.74, 6) is -0.721. The Kier molecular flexibility index (Phi) is 3.83. The molecule has 0 saturated carbocycles. The van der Waals surface area contributed by atoms with Gasteiger partial charge in [0.25, 0.3) is 5.56 Å². The second-order valence-corrected chi connectivity index (χ2v) is 8.26. The SMILES string of the molecule is CCc1c2c(nc3ccc4nccnc4c13)-c1cc3c(c(=O)n1C2)COC(=O)[C@]3(O)CC. The van der Waals surface area contributed by atoms with Gasteiger partial charge in [0, 0.05) is 28.9 Å². The highest BCUT2D eigenvalue weighted by Crippen LogP contribution is 2.41. The Morgan fingerprint density at radius 1 is 1.12 bits per heavy atom. The molecule has 160 valence electrons. The van der Waals surface area contributed by atoms with Crippen molar-refractivity contribution < 1.29 is 14.6 Å². The van der Waals surface area contributed by atoms with E-state index in [2.05, 4.69) is 16.9 Å². The van der Waals surface area contributed by atoms with Crippen LogP contribution in [-0.4, -0.2) is 30.6 Å². The highest BCUT2D eigenvalue weighted by Gasteiger charge is 2.45.